The van der Waals surface area contributed by atoms with Crippen molar-refractivity contribution < 1.29 is 23.1 Å². The molecule has 6 nitrogen and oxygen atoms in total. The van der Waals surface area contributed by atoms with Crippen LogP contribution < -0.4 is 0 Å². The number of carbonyl (C=O) groups is 1. The zero-order chi connectivity index (χ0) is 15.9. The van der Waals surface area contributed by atoms with Crippen LogP contribution in [0.15, 0.2) is 29.2 Å². The van der Waals surface area contributed by atoms with Crippen LogP contribution in [0.4, 0.5) is 0 Å². The van der Waals surface area contributed by atoms with E-state index in [1.165, 1.54) is 13.2 Å². The third-order valence-electron chi connectivity index (χ3n) is 2.69. The monoisotopic (exact) mass is 311 g/mol. The van der Waals surface area contributed by atoms with E-state index in [0.717, 1.165) is 4.31 Å². The van der Waals surface area contributed by atoms with E-state index in [-0.39, 0.29) is 30.2 Å². The Kier molecular flexibility index (Phi) is 6.37. The molecule has 0 aliphatic heterocycles. The quantitative estimate of drug-likeness (QED) is 0.621. The summed E-state index contributed by atoms with van der Waals surface area (Å²) in [6.45, 7) is 1.02. The number of benzene rings is 1. The molecule has 0 aliphatic carbocycles. The number of aliphatic hydroxyl groups is 1. The Labute approximate surface area is 124 Å². The van der Waals surface area contributed by atoms with Gasteiger partial charge in [0, 0.05) is 12.1 Å². The van der Waals surface area contributed by atoms with Crippen molar-refractivity contribution in [1.82, 2.24) is 4.31 Å². The van der Waals surface area contributed by atoms with Crippen LogP contribution in [-0.2, 0) is 19.6 Å². The second-order valence-corrected chi connectivity index (χ2v) is 5.87. The smallest absolute Gasteiger partial charge is 0.321 e. The molecule has 0 radical (unpaired) electrons. The molecule has 0 bridgehead atoms. The second kappa shape index (κ2) is 7.78. The SMILES string of the molecule is CCN(CC(=O)OC)S(=O)(=O)c1ccccc1C#CCO. The first kappa shape index (κ1) is 17.2. The Bertz CT molecular complexity index is 657. The molecule has 7 heteroatoms. The number of methoxy groups -OCH3 is 1. The van der Waals surface area contributed by atoms with Crippen molar-refractivity contribution in [2.24, 2.45) is 0 Å². The van der Waals surface area contributed by atoms with Crippen molar-refractivity contribution in [3.05, 3.63) is 29.8 Å². The fraction of sp³-hybridized carbons (Fsp3) is 0.357. The number of esters is 1. The van der Waals surface area contributed by atoms with Crippen molar-refractivity contribution in [2.45, 2.75) is 11.8 Å². The highest BCUT2D eigenvalue weighted by molar-refractivity contribution is 7.89. The van der Waals surface area contributed by atoms with Gasteiger partial charge in [0.25, 0.3) is 0 Å². The third kappa shape index (κ3) is 4.29. The van der Waals surface area contributed by atoms with Crippen molar-refractivity contribution in [3.8, 4) is 11.8 Å². The Balaban J connectivity index is 3.26. The van der Waals surface area contributed by atoms with E-state index >= 15 is 0 Å². The van der Waals surface area contributed by atoms with E-state index in [0.29, 0.717) is 0 Å². The zero-order valence-electron chi connectivity index (χ0n) is 11.9. The minimum absolute atomic E-state index is 0.00305. The summed E-state index contributed by atoms with van der Waals surface area (Å²) in [5, 5.41) is 8.73. The molecule has 1 N–H and O–H groups in total. The largest absolute Gasteiger partial charge is 0.468 e. The maximum Gasteiger partial charge on any atom is 0.321 e. The molecular weight excluding hydrogens is 294 g/mol. The van der Waals surface area contributed by atoms with Gasteiger partial charge >= 0.3 is 5.97 Å². The van der Waals surface area contributed by atoms with E-state index < -0.39 is 16.0 Å². The summed E-state index contributed by atoms with van der Waals surface area (Å²) in [6, 6.07) is 6.18. The molecule has 0 fully saturated rings. The van der Waals surface area contributed by atoms with Gasteiger partial charge < -0.3 is 9.84 Å². The maximum absolute atomic E-state index is 12.6. The van der Waals surface area contributed by atoms with Crippen LogP contribution in [0.3, 0.4) is 0 Å². The number of likely N-dealkylation sites (N-methyl/N-ethyl adjacent to an activating group) is 1. The normalized spacial score (nSPS) is 10.9. The number of nitrogens with zero attached hydrogens (tertiary/aromatic N) is 1. The molecule has 0 atom stereocenters. The first-order valence-corrected chi connectivity index (χ1v) is 7.67. The number of hydrogen-bond donors (Lipinski definition) is 1. The molecule has 0 saturated carbocycles. The molecule has 1 aromatic rings. The highest BCUT2D eigenvalue weighted by atomic mass is 32.2. The van der Waals surface area contributed by atoms with Crippen LogP contribution in [0.1, 0.15) is 12.5 Å². The highest BCUT2D eigenvalue weighted by Gasteiger charge is 2.27. The first-order valence-electron chi connectivity index (χ1n) is 6.23. The van der Waals surface area contributed by atoms with Gasteiger partial charge in [-0.3, -0.25) is 4.79 Å². The lowest BCUT2D eigenvalue weighted by Gasteiger charge is -2.19. The fourth-order valence-electron chi connectivity index (χ4n) is 1.64. The molecular formula is C14H17NO5S. The van der Waals surface area contributed by atoms with Gasteiger partial charge in [0.2, 0.25) is 10.0 Å². The molecule has 0 saturated heterocycles. The molecule has 1 aromatic carbocycles. The molecule has 0 spiro atoms. The fourth-order valence-corrected chi connectivity index (χ4v) is 3.18. The van der Waals surface area contributed by atoms with Crippen LogP contribution in [0.25, 0.3) is 0 Å². The number of aliphatic hydroxyl groups excluding tert-OH is 1. The molecule has 0 amide bonds. The summed E-state index contributed by atoms with van der Waals surface area (Å²) in [5.74, 6) is 4.37. The summed E-state index contributed by atoms with van der Waals surface area (Å²) in [6.07, 6.45) is 0. The number of ether oxygens (including phenoxy) is 1. The summed E-state index contributed by atoms with van der Waals surface area (Å²) >= 11 is 0. The maximum atomic E-state index is 12.6. The lowest BCUT2D eigenvalue weighted by Crippen LogP contribution is -2.36. The zero-order valence-corrected chi connectivity index (χ0v) is 12.7. The van der Waals surface area contributed by atoms with E-state index in [2.05, 4.69) is 16.6 Å². The standard InChI is InChI=1S/C14H17NO5S/c1-3-15(11-14(17)20-2)21(18,19)13-9-5-4-7-12(13)8-6-10-16/h4-5,7,9,16H,3,10-11H2,1-2H3. The first-order chi connectivity index (χ1) is 9.97. The van der Waals surface area contributed by atoms with Crippen LogP contribution in [0.5, 0.6) is 0 Å². The number of rotatable bonds is 5. The Morgan fingerprint density at radius 2 is 2.05 bits per heavy atom. The second-order valence-electron chi connectivity index (χ2n) is 3.96. The average molecular weight is 311 g/mol. The Morgan fingerprint density at radius 1 is 1.38 bits per heavy atom. The van der Waals surface area contributed by atoms with Gasteiger partial charge in [-0.15, -0.1) is 0 Å². The molecule has 0 heterocycles. The molecule has 0 unspecified atom stereocenters. The summed E-state index contributed by atoms with van der Waals surface area (Å²) in [5.41, 5.74) is 0.273. The van der Waals surface area contributed by atoms with Crippen molar-refractivity contribution >= 4 is 16.0 Å². The number of hydrogen-bond acceptors (Lipinski definition) is 5. The van der Waals surface area contributed by atoms with Gasteiger partial charge in [-0.05, 0) is 12.1 Å². The minimum atomic E-state index is -3.87. The van der Waals surface area contributed by atoms with Crippen molar-refractivity contribution in [2.75, 3.05) is 26.8 Å². The van der Waals surface area contributed by atoms with Crippen molar-refractivity contribution in [1.29, 1.82) is 0 Å². The van der Waals surface area contributed by atoms with E-state index in [1.807, 2.05) is 0 Å². The van der Waals surface area contributed by atoms with Gasteiger partial charge in [0.15, 0.2) is 0 Å². The minimum Gasteiger partial charge on any atom is -0.468 e. The van der Waals surface area contributed by atoms with Crippen LogP contribution in [0.2, 0.25) is 0 Å². The van der Waals surface area contributed by atoms with E-state index in [4.69, 9.17) is 5.11 Å². The lowest BCUT2D eigenvalue weighted by atomic mass is 10.2. The topological polar surface area (TPSA) is 83.9 Å². The summed E-state index contributed by atoms with van der Waals surface area (Å²) in [4.78, 5) is 11.3. The van der Waals surface area contributed by atoms with Crippen LogP contribution >= 0.6 is 0 Å². The molecule has 0 aliphatic rings. The van der Waals surface area contributed by atoms with Gasteiger partial charge in [-0.25, -0.2) is 8.42 Å². The highest BCUT2D eigenvalue weighted by Crippen LogP contribution is 2.19. The van der Waals surface area contributed by atoms with Gasteiger partial charge in [0.05, 0.1) is 12.0 Å². The molecule has 0 aromatic heterocycles. The Hall–Kier alpha value is -1.88. The third-order valence-corrected chi connectivity index (χ3v) is 4.67. The summed E-state index contributed by atoms with van der Waals surface area (Å²) < 4.78 is 30.7. The molecule has 1 rings (SSSR count). The predicted octanol–water partition coefficient (Wildman–Crippen LogP) is 0.214. The van der Waals surface area contributed by atoms with E-state index in [9.17, 15) is 13.2 Å². The van der Waals surface area contributed by atoms with Crippen LogP contribution in [-0.4, -0.2) is 50.6 Å². The Morgan fingerprint density at radius 3 is 2.62 bits per heavy atom. The van der Waals surface area contributed by atoms with Gasteiger partial charge in [-0.1, -0.05) is 30.9 Å². The number of sulfonamides is 1. The van der Waals surface area contributed by atoms with Gasteiger partial charge in [0.1, 0.15) is 13.2 Å². The predicted molar refractivity (Wildman–Crippen MR) is 76.9 cm³/mol. The van der Waals surface area contributed by atoms with E-state index in [1.54, 1.807) is 25.1 Å². The van der Waals surface area contributed by atoms with Crippen molar-refractivity contribution in [3.63, 3.8) is 0 Å². The van der Waals surface area contributed by atoms with Gasteiger partial charge in [-0.2, -0.15) is 4.31 Å². The molecule has 114 valence electrons. The lowest BCUT2D eigenvalue weighted by molar-refractivity contribution is -0.140. The average Bonchev–Trinajstić information content (AvgIpc) is 2.50. The molecule has 21 heavy (non-hydrogen) atoms. The van der Waals surface area contributed by atoms with Crippen LogP contribution in [0, 0.1) is 11.8 Å². The number of carbonyl (C=O) groups excluding carboxylic acids is 1. The summed E-state index contributed by atoms with van der Waals surface area (Å²) in [7, 11) is -2.67.